The van der Waals surface area contributed by atoms with Gasteiger partial charge in [0.05, 0.1) is 11.6 Å². The Bertz CT molecular complexity index is 293. The van der Waals surface area contributed by atoms with Gasteiger partial charge in [-0.05, 0) is 13.1 Å². The molecule has 3 nitrogen and oxygen atoms in total. The van der Waals surface area contributed by atoms with E-state index in [1.54, 1.807) is 18.4 Å². The summed E-state index contributed by atoms with van der Waals surface area (Å²) in [6.07, 6.45) is 0. The normalized spacial score (nSPS) is 11.2. The van der Waals surface area contributed by atoms with Crippen molar-refractivity contribution < 1.29 is 4.74 Å². The minimum Gasteiger partial charge on any atom is -0.383 e. The summed E-state index contributed by atoms with van der Waals surface area (Å²) in [5.74, 6) is 0. The van der Waals surface area contributed by atoms with Crippen molar-refractivity contribution in [1.82, 2.24) is 10.2 Å². The van der Waals surface area contributed by atoms with E-state index in [1.807, 2.05) is 11.4 Å². The van der Waals surface area contributed by atoms with Crippen LogP contribution in [0.2, 0.25) is 5.02 Å². The Labute approximate surface area is 106 Å². The van der Waals surface area contributed by atoms with Crippen molar-refractivity contribution in [1.29, 1.82) is 0 Å². The first-order chi connectivity index (χ1) is 7.72. The highest BCUT2D eigenvalue weighted by Gasteiger charge is 1.99. The molecule has 0 aliphatic heterocycles. The first-order valence-electron chi connectivity index (χ1n) is 5.33. The number of likely N-dealkylation sites (N-methyl/N-ethyl adjacent to an activating group) is 1. The van der Waals surface area contributed by atoms with Crippen LogP contribution in [0.1, 0.15) is 4.88 Å². The summed E-state index contributed by atoms with van der Waals surface area (Å²) in [6, 6.07) is 2.01. The van der Waals surface area contributed by atoms with Crippen LogP contribution >= 0.6 is 22.9 Å². The van der Waals surface area contributed by atoms with Crippen LogP contribution < -0.4 is 5.32 Å². The van der Waals surface area contributed by atoms with Crippen LogP contribution in [0.5, 0.6) is 0 Å². The lowest BCUT2D eigenvalue weighted by atomic mass is 10.4. The van der Waals surface area contributed by atoms with Gasteiger partial charge in [0.2, 0.25) is 0 Å². The van der Waals surface area contributed by atoms with Gasteiger partial charge in [-0.15, -0.1) is 11.3 Å². The first kappa shape index (κ1) is 13.9. The average Bonchev–Trinajstić information content (AvgIpc) is 2.67. The van der Waals surface area contributed by atoms with Crippen molar-refractivity contribution in [2.45, 2.75) is 6.54 Å². The second-order valence-electron chi connectivity index (χ2n) is 3.70. The predicted molar refractivity (Wildman–Crippen MR) is 70.4 cm³/mol. The van der Waals surface area contributed by atoms with Crippen molar-refractivity contribution in [3.63, 3.8) is 0 Å². The molecule has 0 saturated heterocycles. The molecule has 0 radical (unpaired) electrons. The molecular formula is C11H19ClN2OS. The second kappa shape index (κ2) is 8.03. The molecule has 1 aromatic heterocycles. The van der Waals surface area contributed by atoms with Crippen molar-refractivity contribution in [2.24, 2.45) is 0 Å². The summed E-state index contributed by atoms with van der Waals surface area (Å²) in [4.78, 5) is 3.53. The maximum absolute atomic E-state index is 5.84. The van der Waals surface area contributed by atoms with Gasteiger partial charge in [-0.1, -0.05) is 11.6 Å². The van der Waals surface area contributed by atoms with Gasteiger partial charge in [0.15, 0.2) is 0 Å². The fourth-order valence-corrected chi connectivity index (χ4v) is 2.33. The van der Waals surface area contributed by atoms with Gasteiger partial charge in [0, 0.05) is 43.5 Å². The Hall–Kier alpha value is -0.130. The molecule has 0 atom stereocenters. The molecule has 0 aromatic carbocycles. The highest BCUT2D eigenvalue weighted by Crippen LogP contribution is 2.18. The summed E-state index contributed by atoms with van der Waals surface area (Å²) in [7, 11) is 3.83. The molecule has 0 aliphatic rings. The molecule has 5 heteroatoms. The summed E-state index contributed by atoms with van der Waals surface area (Å²) in [5, 5.41) is 6.19. The molecule has 0 saturated carbocycles. The van der Waals surface area contributed by atoms with E-state index in [-0.39, 0.29) is 0 Å². The third-order valence-electron chi connectivity index (χ3n) is 2.27. The van der Waals surface area contributed by atoms with Gasteiger partial charge in [-0.2, -0.15) is 0 Å². The molecular weight excluding hydrogens is 244 g/mol. The smallest absolute Gasteiger partial charge is 0.0589 e. The third kappa shape index (κ3) is 5.82. The number of ether oxygens (including phenoxy) is 1. The first-order valence-corrected chi connectivity index (χ1v) is 6.59. The van der Waals surface area contributed by atoms with Gasteiger partial charge >= 0.3 is 0 Å². The molecule has 1 heterocycles. The zero-order chi connectivity index (χ0) is 11.8. The Kier molecular flexibility index (Phi) is 7.00. The van der Waals surface area contributed by atoms with Crippen molar-refractivity contribution in [3.8, 4) is 0 Å². The lowest BCUT2D eigenvalue weighted by Gasteiger charge is -2.15. The maximum Gasteiger partial charge on any atom is 0.0589 e. The van der Waals surface area contributed by atoms with E-state index in [0.29, 0.717) is 0 Å². The Balaban J connectivity index is 2.03. The Morgan fingerprint density at radius 2 is 2.31 bits per heavy atom. The molecule has 0 spiro atoms. The number of hydrogen-bond acceptors (Lipinski definition) is 4. The number of methoxy groups -OCH3 is 1. The van der Waals surface area contributed by atoms with Crippen LogP contribution in [0.3, 0.4) is 0 Å². The summed E-state index contributed by atoms with van der Waals surface area (Å²) < 4.78 is 5.02. The van der Waals surface area contributed by atoms with Crippen molar-refractivity contribution in [2.75, 3.05) is 40.4 Å². The van der Waals surface area contributed by atoms with E-state index in [0.717, 1.165) is 37.8 Å². The van der Waals surface area contributed by atoms with E-state index in [1.165, 1.54) is 4.88 Å². The maximum atomic E-state index is 5.84. The lowest BCUT2D eigenvalue weighted by Crippen LogP contribution is -2.31. The molecule has 0 bridgehead atoms. The zero-order valence-electron chi connectivity index (χ0n) is 9.83. The van der Waals surface area contributed by atoms with Gasteiger partial charge in [-0.25, -0.2) is 0 Å². The van der Waals surface area contributed by atoms with Crippen molar-refractivity contribution in [3.05, 3.63) is 21.3 Å². The number of nitrogens with zero attached hydrogens (tertiary/aromatic N) is 1. The summed E-state index contributed by atoms with van der Waals surface area (Å²) >= 11 is 7.54. The van der Waals surface area contributed by atoms with E-state index in [9.17, 15) is 0 Å². The highest BCUT2D eigenvalue weighted by molar-refractivity contribution is 7.10. The second-order valence-corrected chi connectivity index (χ2v) is 5.14. The fraction of sp³-hybridized carbons (Fsp3) is 0.636. The Morgan fingerprint density at radius 1 is 1.50 bits per heavy atom. The van der Waals surface area contributed by atoms with Crippen LogP contribution in [0, 0.1) is 0 Å². The van der Waals surface area contributed by atoms with E-state index < -0.39 is 0 Å². The fourth-order valence-electron chi connectivity index (χ4n) is 1.29. The molecule has 1 N–H and O–H groups in total. The SMILES string of the molecule is COCCN(C)CCNCc1cc(Cl)cs1. The van der Waals surface area contributed by atoms with Gasteiger partial charge < -0.3 is 15.0 Å². The average molecular weight is 263 g/mol. The minimum atomic E-state index is 0.789. The molecule has 0 amide bonds. The molecule has 0 unspecified atom stereocenters. The number of hydrogen-bond donors (Lipinski definition) is 1. The standard InChI is InChI=1S/C11H19ClN2OS/c1-14(5-6-15-2)4-3-13-8-11-7-10(12)9-16-11/h7,9,13H,3-6,8H2,1-2H3. The predicted octanol–water partition coefficient (Wildman–Crippen LogP) is 2.07. The molecule has 92 valence electrons. The largest absolute Gasteiger partial charge is 0.383 e. The molecule has 1 aromatic rings. The highest BCUT2D eigenvalue weighted by atomic mass is 35.5. The van der Waals surface area contributed by atoms with Crippen molar-refractivity contribution >= 4 is 22.9 Å². The quantitative estimate of drug-likeness (QED) is 0.726. The third-order valence-corrected chi connectivity index (χ3v) is 3.55. The molecule has 0 fully saturated rings. The molecule has 0 aliphatic carbocycles. The summed E-state index contributed by atoms with van der Waals surface area (Å²) in [6.45, 7) is 4.67. The van der Waals surface area contributed by atoms with E-state index in [4.69, 9.17) is 16.3 Å². The van der Waals surface area contributed by atoms with Crippen LogP contribution in [0.15, 0.2) is 11.4 Å². The van der Waals surface area contributed by atoms with Gasteiger partial charge in [-0.3, -0.25) is 0 Å². The minimum absolute atomic E-state index is 0.789. The lowest BCUT2D eigenvalue weighted by molar-refractivity contribution is 0.161. The summed E-state index contributed by atoms with van der Waals surface area (Å²) in [5.41, 5.74) is 0. The van der Waals surface area contributed by atoms with Crippen LogP contribution in [-0.4, -0.2) is 45.3 Å². The van der Waals surface area contributed by atoms with Crippen LogP contribution in [0.4, 0.5) is 0 Å². The molecule has 1 rings (SSSR count). The van der Waals surface area contributed by atoms with E-state index in [2.05, 4.69) is 17.3 Å². The van der Waals surface area contributed by atoms with Gasteiger partial charge in [0.25, 0.3) is 0 Å². The van der Waals surface area contributed by atoms with Crippen LogP contribution in [-0.2, 0) is 11.3 Å². The number of rotatable bonds is 8. The zero-order valence-corrected chi connectivity index (χ0v) is 11.4. The van der Waals surface area contributed by atoms with E-state index >= 15 is 0 Å². The number of thiophene rings is 1. The van der Waals surface area contributed by atoms with Gasteiger partial charge in [0.1, 0.15) is 0 Å². The number of halogens is 1. The topological polar surface area (TPSA) is 24.5 Å². The van der Waals surface area contributed by atoms with Crippen LogP contribution in [0.25, 0.3) is 0 Å². The monoisotopic (exact) mass is 262 g/mol. The Morgan fingerprint density at radius 3 is 2.94 bits per heavy atom. The number of nitrogens with one attached hydrogen (secondary N) is 1. The molecule has 16 heavy (non-hydrogen) atoms.